The summed E-state index contributed by atoms with van der Waals surface area (Å²) in [4.78, 5) is 11.4. The monoisotopic (exact) mass is 483 g/mol. The van der Waals surface area contributed by atoms with Crippen molar-refractivity contribution in [3.05, 3.63) is 118 Å². The molecule has 3 nitrogen and oxygen atoms in total. The van der Waals surface area contributed by atoms with Crippen molar-refractivity contribution in [2.75, 3.05) is 0 Å². The molecule has 29 heavy (non-hydrogen) atoms. The Morgan fingerprint density at radius 3 is 1.55 bits per heavy atom. The predicted octanol–water partition coefficient (Wildman–Crippen LogP) is 6.00. The van der Waals surface area contributed by atoms with Crippen molar-refractivity contribution in [3.63, 3.8) is 0 Å². The van der Waals surface area contributed by atoms with Crippen molar-refractivity contribution < 1.29 is 4.92 Å². The third-order valence-corrected chi connectivity index (χ3v) is 15.6. The Balaban J connectivity index is 2.10. The summed E-state index contributed by atoms with van der Waals surface area (Å²) in [6.07, 6.45) is 0.531. The van der Waals surface area contributed by atoms with E-state index < -0.39 is 5.31 Å². The number of benzene rings is 3. The van der Waals surface area contributed by atoms with Gasteiger partial charge in [0.15, 0.2) is 0 Å². The molecule has 0 aliphatic carbocycles. The van der Waals surface area contributed by atoms with Crippen LogP contribution in [0.15, 0.2) is 102 Å². The van der Waals surface area contributed by atoms with E-state index in [9.17, 15) is 10.1 Å². The van der Waals surface area contributed by atoms with Crippen LogP contribution in [0, 0.1) is 10.1 Å². The molecule has 3 aromatic carbocycles. The van der Waals surface area contributed by atoms with Crippen molar-refractivity contribution in [2.45, 2.75) is 6.16 Å². The molecule has 0 aliphatic rings. The summed E-state index contributed by atoms with van der Waals surface area (Å²) in [7, 11) is 0. The van der Waals surface area contributed by atoms with Gasteiger partial charge in [0.1, 0.15) is 0 Å². The molecule has 0 saturated heterocycles. The standard InChI is InChI=1S/C23H19BrNO2PS/c24-28(20-10-4-1-5-11-20,21-12-6-2-7-13-21,22-14-8-3-9-15-22)18-19-16-17-29-23(19)25(26)27/h1-17H,18H2. The molecule has 146 valence electrons. The van der Waals surface area contributed by atoms with E-state index in [4.69, 9.17) is 0 Å². The van der Waals surface area contributed by atoms with Crippen LogP contribution in [0.1, 0.15) is 5.56 Å². The molecule has 0 amide bonds. The normalized spacial score (nSPS) is 12.8. The van der Waals surface area contributed by atoms with E-state index in [0.29, 0.717) is 6.16 Å². The molecular formula is C23H19BrNO2PS. The molecule has 0 bridgehead atoms. The zero-order valence-corrected chi connectivity index (χ0v) is 18.8. The summed E-state index contributed by atoms with van der Waals surface area (Å²) >= 11 is 5.52. The van der Waals surface area contributed by atoms with E-state index in [1.54, 1.807) is 0 Å². The Bertz CT molecular complexity index is 1030. The van der Waals surface area contributed by atoms with Crippen LogP contribution in [0.4, 0.5) is 5.00 Å². The Morgan fingerprint density at radius 1 is 0.759 bits per heavy atom. The molecule has 0 fully saturated rings. The Labute approximate surface area is 181 Å². The van der Waals surface area contributed by atoms with Crippen LogP contribution < -0.4 is 15.9 Å². The van der Waals surface area contributed by atoms with Crippen LogP contribution >= 0.6 is 32.1 Å². The first-order chi connectivity index (χ1) is 14.0. The van der Waals surface area contributed by atoms with Crippen molar-refractivity contribution in [1.29, 1.82) is 0 Å². The first kappa shape index (κ1) is 20.0. The van der Waals surface area contributed by atoms with E-state index in [-0.39, 0.29) is 9.92 Å². The Morgan fingerprint density at radius 2 is 1.17 bits per heavy atom. The van der Waals surface area contributed by atoms with Crippen LogP contribution in [0.5, 0.6) is 0 Å². The number of nitro groups is 1. The zero-order chi connectivity index (χ0) is 20.3. The molecule has 4 aromatic rings. The minimum absolute atomic E-state index is 0.209. The van der Waals surface area contributed by atoms with Crippen molar-refractivity contribution in [2.24, 2.45) is 0 Å². The van der Waals surface area contributed by atoms with Gasteiger partial charge in [-0.1, -0.05) is 0 Å². The second kappa shape index (κ2) is 7.83. The van der Waals surface area contributed by atoms with Gasteiger partial charge in [-0.2, -0.15) is 0 Å². The summed E-state index contributed by atoms with van der Waals surface area (Å²) in [5.74, 6) is 0. The maximum absolute atomic E-state index is 11.7. The van der Waals surface area contributed by atoms with Gasteiger partial charge < -0.3 is 0 Å². The van der Waals surface area contributed by atoms with Crippen LogP contribution in [0.3, 0.4) is 0 Å². The summed E-state index contributed by atoms with van der Waals surface area (Å²) in [6, 6.07) is 32.9. The van der Waals surface area contributed by atoms with Gasteiger partial charge in [-0.3, -0.25) is 0 Å². The summed E-state index contributed by atoms with van der Waals surface area (Å²) in [5, 5.41) is 14.0. The minimum atomic E-state index is -3.21. The Kier molecular flexibility index (Phi) is 5.39. The first-order valence-corrected chi connectivity index (χ1v) is 14.5. The van der Waals surface area contributed by atoms with Gasteiger partial charge in [-0.15, -0.1) is 0 Å². The molecule has 1 aromatic heterocycles. The fraction of sp³-hybridized carbons (Fsp3) is 0.0435. The number of hydrogen-bond acceptors (Lipinski definition) is 3. The van der Waals surface area contributed by atoms with Crippen LogP contribution in [0.2, 0.25) is 0 Å². The van der Waals surface area contributed by atoms with Gasteiger partial charge in [0, 0.05) is 0 Å². The second-order valence-corrected chi connectivity index (χ2v) is 16.7. The molecule has 0 unspecified atom stereocenters. The van der Waals surface area contributed by atoms with Crippen LogP contribution in [-0.2, 0) is 6.16 Å². The van der Waals surface area contributed by atoms with Crippen molar-refractivity contribution in [3.8, 4) is 0 Å². The molecule has 0 N–H and O–H groups in total. The van der Waals surface area contributed by atoms with Gasteiger partial charge in [0.2, 0.25) is 0 Å². The molecule has 6 heteroatoms. The molecule has 0 saturated carbocycles. The van der Waals surface area contributed by atoms with Crippen molar-refractivity contribution >= 4 is 53.0 Å². The van der Waals surface area contributed by atoms with Gasteiger partial charge in [-0.05, 0) is 0 Å². The number of rotatable bonds is 6. The van der Waals surface area contributed by atoms with E-state index in [1.807, 2.05) is 66.0 Å². The van der Waals surface area contributed by atoms with Crippen LogP contribution in [0.25, 0.3) is 0 Å². The number of nitrogens with zero attached hydrogens (tertiary/aromatic N) is 1. The van der Waals surface area contributed by atoms with Gasteiger partial charge in [0.25, 0.3) is 0 Å². The molecule has 1 heterocycles. The fourth-order valence-electron chi connectivity index (χ4n) is 3.87. The zero-order valence-electron chi connectivity index (χ0n) is 15.5. The topological polar surface area (TPSA) is 43.1 Å². The van der Waals surface area contributed by atoms with E-state index in [2.05, 4.69) is 51.9 Å². The van der Waals surface area contributed by atoms with Crippen molar-refractivity contribution in [1.82, 2.24) is 0 Å². The number of thiophene rings is 1. The summed E-state index contributed by atoms with van der Waals surface area (Å²) in [6.45, 7) is 0. The van der Waals surface area contributed by atoms with E-state index in [1.165, 1.54) is 11.3 Å². The average molecular weight is 484 g/mol. The third-order valence-electron chi connectivity index (χ3n) is 5.24. The fourth-order valence-corrected chi connectivity index (χ4v) is 12.4. The molecule has 4 rings (SSSR count). The predicted molar refractivity (Wildman–Crippen MR) is 129 cm³/mol. The SMILES string of the molecule is O=[N+]([O-])c1sccc1CP(Br)(c1ccccc1)(c1ccccc1)c1ccccc1. The molecule has 0 aliphatic heterocycles. The molecular weight excluding hydrogens is 465 g/mol. The molecule has 0 radical (unpaired) electrons. The molecule has 0 spiro atoms. The first-order valence-electron chi connectivity index (χ1n) is 9.14. The quantitative estimate of drug-likeness (QED) is 0.192. The maximum atomic E-state index is 11.7. The number of halogens is 1. The van der Waals surface area contributed by atoms with Crippen LogP contribution in [-0.4, -0.2) is 4.92 Å². The average Bonchev–Trinajstić information content (AvgIpc) is 3.24. The van der Waals surface area contributed by atoms with Gasteiger partial charge in [-0.25, -0.2) is 0 Å². The summed E-state index contributed by atoms with van der Waals surface area (Å²) < 4.78 is 0. The van der Waals surface area contributed by atoms with E-state index >= 15 is 0 Å². The summed E-state index contributed by atoms with van der Waals surface area (Å²) in [5.41, 5.74) is 0.756. The van der Waals surface area contributed by atoms with E-state index in [0.717, 1.165) is 21.5 Å². The Hall–Kier alpha value is -2.33. The molecule has 0 atom stereocenters. The third kappa shape index (κ3) is 3.33. The van der Waals surface area contributed by atoms with Gasteiger partial charge >= 0.3 is 182 Å². The second-order valence-electron chi connectivity index (χ2n) is 6.86. The van der Waals surface area contributed by atoms with Gasteiger partial charge in [0.05, 0.1) is 0 Å². The number of hydrogen-bond donors (Lipinski definition) is 0.